The van der Waals surface area contributed by atoms with Crippen molar-refractivity contribution in [3.8, 4) is 34.5 Å². The number of carbonyl (C=O) groups excluding carboxylic acids is 1. The van der Waals surface area contributed by atoms with Crippen molar-refractivity contribution in [3.63, 3.8) is 0 Å². The van der Waals surface area contributed by atoms with Gasteiger partial charge in [-0.25, -0.2) is 4.79 Å². The molecule has 0 saturated heterocycles. The summed E-state index contributed by atoms with van der Waals surface area (Å²) in [5.41, 5.74) is -0.211. The van der Waals surface area contributed by atoms with E-state index in [1.54, 1.807) is 26.0 Å². The zero-order valence-corrected chi connectivity index (χ0v) is 21.5. The predicted octanol–water partition coefficient (Wildman–Crippen LogP) is 6.47. The Morgan fingerprint density at radius 3 is 2.08 bits per heavy atom. The van der Waals surface area contributed by atoms with Crippen LogP contribution in [-0.4, -0.2) is 27.3 Å². The maximum absolute atomic E-state index is 13.9. The predicted molar refractivity (Wildman–Crippen MR) is 135 cm³/mol. The summed E-state index contributed by atoms with van der Waals surface area (Å²) in [7, 11) is 4.14. The van der Waals surface area contributed by atoms with E-state index in [0.29, 0.717) is 5.56 Å². The number of ether oxygens (including phenoxy) is 5. The highest BCUT2D eigenvalue weighted by Gasteiger charge is 2.40. The number of carbonyl (C=O) groups is 1. The van der Waals surface area contributed by atoms with Gasteiger partial charge in [-0.2, -0.15) is 13.2 Å². The van der Waals surface area contributed by atoms with Crippen LogP contribution in [0, 0.1) is 13.8 Å². The van der Waals surface area contributed by atoms with Crippen molar-refractivity contribution in [2.45, 2.75) is 20.0 Å². The molecule has 1 heterocycles. The molecule has 0 spiro atoms. The van der Waals surface area contributed by atoms with Gasteiger partial charge < -0.3 is 28.1 Å². The first-order chi connectivity index (χ1) is 18.5. The Kier molecular flexibility index (Phi) is 7.44. The van der Waals surface area contributed by atoms with Crippen LogP contribution < -0.4 is 29.1 Å². The zero-order chi connectivity index (χ0) is 28.5. The largest absolute Gasteiger partial charge is 0.493 e. The van der Waals surface area contributed by atoms with Crippen LogP contribution >= 0.6 is 0 Å². The number of alkyl halides is 3. The van der Waals surface area contributed by atoms with Crippen molar-refractivity contribution in [2.24, 2.45) is 0 Å². The minimum absolute atomic E-state index is 0.0132. The van der Waals surface area contributed by atoms with Gasteiger partial charge in [-0.3, -0.25) is 4.79 Å². The summed E-state index contributed by atoms with van der Waals surface area (Å²) >= 11 is 0. The molecule has 0 saturated carbocycles. The van der Waals surface area contributed by atoms with E-state index in [9.17, 15) is 22.8 Å². The second kappa shape index (κ2) is 10.6. The second-order valence-electron chi connectivity index (χ2n) is 8.42. The van der Waals surface area contributed by atoms with Crippen LogP contribution in [-0.2, 0) is 6.18 Å². The third kappa shape index (κ3) is 5.47. The van der Waals surface area contributed by atoms with Crippen LogP contribution in [0.25, 0.3) is 11.0 Å². The molecule has 204 valence electrons. The first kappa shape index (κ1) is 27.4. The topological polar surface area (TPSA) is 93.4 Å². The first-order valence-electron chi connectivity index (χ1n) is 11.4. The van der Waals surface area contributed by atoms with Gasteiger partial charge in [-0.1, -0.05) is 12.1 Å². The SMILES string of the molecule is COc1cc(C(=O)Oc2ccc3c(=O)c(Oc4cc(C)ccc4C)c(C(F)(F)F)oc3c2)cc(OC)c1OC. The molecule has 0 aliphatic heterocycles. The molecule has 0 aliphatic carbocycles. The second-order valence-corrected chi connectivity index (χ2v) is 8.42. The van der Waals surface area contributed by atoms with E-state index in [0.717, 1.165) is 11.6 Å². The van der Waals surface area contributed by atoms with E-state index in [-0.39, 0.29) is 39.7 Å². The highest BCUT2D eigenvalue weighted by atomic mass is 19.4. The minimum Gasteiger partial charge on any atom is -0.493 e. The Labute approximate surface area is 220 Å². The quantitative estimate of drug-likeness (QED) is 0.193. The summed E-state index contributed by atoms with van der Waals surface area (Å²) in [4.78, 5) is 26.0. The zero-order valence-electron chi connectivity index (χ0n) is 21.5. The number of hydrogen-bond acceptors (Lipinski definition) is 8. The lowest BCUT2D eigenvalue weighted by Gasteiger charge is -2.15. The lowest BCUT2D eigenvalue weighted by Crippen LogP contribution is -2.16. The van der Waals surface area contributed by atoms with Crippen LogP contribution in [0.2, 0.25) is 0 Å². The smallest absolute Gasteiger partial charge is 0.453 e. The Balaban J connectivity index is 1.75. The van der Waals surface area contributed by atoms with Gasteiger partial charge in [0.15, 0.2) is 11.5 Å². The van der Waals surface area contributed by atoms with E-state index < -0.39 is 34.7 Å². The maximum Gasteiger partial charge on any atom is 0.453 e. The molecule has 0 fully saturated rings. The normalized spacial score (nSPS) is 11.3. The van der Waals surface area contributed by atoms with Gasteiger partial charge in [0.05, 0.1) is 32.3 Å². The third-order valence-corrected chi connectivity index (χ3v) is 5.75. The van der Waals surface area contributed by atoms with E-state index in [1.165, 1.54) is 51.7 Å². The van der Waals surface area contributed by atoms with E-state index in [1.807, 2.05) is 0 Å². The highest BCUT2D eigenvalue weighted by molar-refractivity contribution is 5.93. The molecule has 0 bridgehead atoms. The Morgan fingerprint density at radius 1 is 0.821 bits per heavy atom. The van der Waals surface area contributed by atoms with Crippen molar-refractivity contribution in [1.82, 2.24) is 0 Å². The first-order valence-corrected chi connectivity index (χ1v) is 11.4. The molecule has 4 aromatic rings. The number of rotatable bonds is 7. The van der Waals surface area contributed by atoms with Crippen molar-refractivity contribution < 1.29 is 46.1 Å². The Hall–Kier alpha value is -4.67. The average Bonchev–Trinajstić information content (AvgIpc) is 2.90. The van der Waals surface area contributed by atoms with Crippen LogP contribution in [0.1, 0.15) is 27.2 Å². The fraction of sp³-hybridized carbons (Fsp3) is 0.214. The summed E-state index contributed by atoms with van der Waals surface area (Å²) in [5.74, 6) is -2.92. The summed E-state index contributed by atoms with van der Waals surface area (Å²) in [6.45, 7) is 3.38. The molecule has 0 aliphatic rings. The molecule has 0 amide bonds. The summed E-state index contributed by atoms with van der Waals surface area (Å²) < 4.78 is 73.4. The van der Waals surface area contributed by atoms with Gasteiger partial charge in [0.25, 0.3) is 5.76 Å². The van der Waals surface area contributed by atoms with Crippen molar-refractivity contribution in [2.75, 3.05) is 21.3 Å². The number of fused-ring (bicyclic) bond motifs is 1. The number of hydrogen-bond donors (Lipinski definition) is 0. The van der Waals surface area contributed by atoms with Crippen molar-refractivity contribution >= 4 is 16.9 Å². The fourth-order valence-corrected chi connectivity index (χ4v) is 3.79. The van der Waals surface area contributed by atoms with Gasteiger partial charge in [-0.15, -0.1) is 0 Å². The monoisotopic (exact) mass is 544 g/mol. The fourth-order valence-electron chi connectivity index (χ4n) is 3.79. The minimum atomic E-state index is -5.05. The number of benzene rings is 3. The van der Waals surface area contributed by atoms with Gasteiger partial charge in [0, 0.05) is 6.07 Å². The Bertz CT molecular complexity index is 1600. The number of halogens is 3. The molecule has 1 aromatic heterocycles. The van der Waals surface area contributed by atoms with E-state index in [4.69, 9.17) is 28.1 Å². The maximum atomic E-state index is 13.9. The molecule has 0 unspecified atom stereocenters. The molecule has 11 heteroatoms. The highest BCUT2D eigenvalue weighted by Crippen LogP contribution is 2.40. The molecule has 0 radical (unpaired) electrons. The summed E-state index contributed by atoms with van der Waals surface area (Å²) in [5, 5.41) is -0.198. The van der Waals surface area contributed by atoms with Crippen LogP contribution in [0.15, 0.2) is 57.7 Å². The molecule has 39 heavy (non-hydrogen) atoms. The molecule has 0 N–H and O–H groups in total. The van der Waals surface area contributed by atoms with Crippen LogP contribution in [0.4, 0.5) is 13.2 Å². The summed E-state index contributed by atoms with van der Waals surface area (Å²) in [6.07, 6.45) is -5.05. The molecule has 0 atom stereocenters. The molecule has 3 aromatic carbocycles. The van der Waals surface area contributed by atoms with E-state index in [2.05, 4.69) is 0 Å². The molecular formula is C28H23F3O8. The number of aryl methyl sites for hydroxylation is 2. The van der Waals surface area contributed by atoms with Gasteiger partial charge >= 0.3 is 12.1 Å². The van der Waals surface area contributed by atoms with Crippen molar-refractivity contribution in [3.05, 3.63) is 81.2 Å². The van der Waals surface area contributed by atoms with E-state index >= 15 is 0 Å². The van der Waals surface area contributed by atoms with Crippen LogP contribution in [0.3, 0.4) is 0 Å². The standard InChI is InChI=1S/C28H23F3O8/c1-14-6-7-15(2)19(10-14)38-25-23(32)18-9-8-17(13-20(18)39-26(25)28(29,30)31)37-27(33)16-11-21(34-3)24(36-5)22(12-16)35-4/h6-13H,1-5H3. The average molecular weight is 544 g/mol. The lowest BCUT2D eigenvalue weighted by molar-refractivity contribution is -0.154. The van der Waals surface area contributed by atoms with Gasteiger partial charge in [0.1, 0.15) is 17.1 Å². The van der Waals surface area contributed by atoms with Gasteiger partial charge in [0.2, 0.25) is 16.9 Å². The number of methoxy groups -OCH3 is 3. The Morgan fingerprint density at radius 2 is 1.49 bits per heavy atom. The van der Waals surface area contributed by atoms with Gasteiger partial charge in [-0.05, 0) is 55.3 Å². The number of esters is 1. The lowest BCUT2D eigenvalue weighted by atomic mass is 10.1. The molecular weight excluding hydrogens is 521 g/mol. The van der Waals surface area contributed by atoms with Crippen LogP contribution in [0.5, 0.6) is 34.5 Å². The molecule has 4 rings (SSSR count). The summed E-state index contributed by atoms with van der Waals surface area (Å²) in [6, 6.07) is 11.1. The van der Waals surface area contributed by atoms with Crippen molar-refractivity contribution in [1.29, 1.82) is 0 Å². The molecule has 8 nitrogen and oxygen atoms in total. The third-order valence-electron chi connectivity index (χ3n) is 5.75.